The fraction of sp³-hybridized carbons (Fsp3) is 0.241. The van der Waals surface area contributed by atoms with Gasteiger partial charge in [0.05, 0.1) is 35.3 Å². The zero-order chi connectivity index (χ0) is 26.6. The molecule has 1 unspecified atom stereocenters. The number of carboxylic acids is 1. The summed E-state index contributed by atoms with van der Waals surface area (Å²) in [5.41, 5.74) is 5.94. The Kier molecular flexibility index (Phi) is 7.08. The molecule has 1 aliphatic rings. The summed E-state index contributed by atoms with van der Waals surface area (Å²) in [5, 5.41) is 15.2. The van der Waals surface area contributed by atoms with E-state index >= 15 is 0 Å². The quantitative estimate of drug-likeness (QED) is 0.354. The average Bonchev–Trinajstić information content (AvgIpc) is 3.37. The first-order chi connectivity index (χ1) is 18.4. The summed E-state index contributed by atoms with van der Waals surface area (Å²) >= 11 is 0. The van der Waals surface area contributed by atoms with Gasteiger partial charge in [0.15, 0.2) is 0 Å². The third-order valence-electron chi connectivity index (χ3n) is 6.24. The van der Waals surface area contributed by atoms with Crippen molar-refractivity contribution in [1.82, 2.24) is 20.0 Å². The Hall–Kier alpha value is -4.66. The Balaban J connectivity index is 1.40. The standard InChI is InChI=1S/C29H27N5O4/c1-18(2)38-27-10-8-22(17-32-27)19-3-5-20(6-4-19)24-16-26(34(33-24)28(35)11-12-29(36)37)21-7-9-23-25(15-21)31-14-13-30-23/h3-10,13-15,17-18,26H,11-12,16H2,1-2H3,(H,36,37). The van der Waals surface area contributed by atoms with Crippen LogP contribution in [0.5, 0.6) is 5.88 Å². The molecule has 9 nitrogen and oxygen atoms in total. The van der Waals surface area contributed by atoms with E-state index in [1.54, 1.807) is 18.6 Å². The van der Waals surface area contributed by atoms with Crippen molar-refractivity contribution in [3.63, 3.8) is 0 Å². The second kappa shape index (κ2) is 10.8. The maximum atomic E-state index is 13.0. The molecule has 0 fully saturated rings. The summed E-state index contributed by atoms with van der Waals surface area (Å²) < 4.78 is 5.62. The summed E-state index contributed by atoms with van der Waals surface area (Å²) in [6.45, 7) is 3.92. The molecule has 0 radical (unpaired) electrons. The number of aromatic nitrogens is 3. The lowest BCUT2D eigenvalue weighted by Gasteiger charge is -2.22. The topological polar surface area (TPSA) is 118 Å². The van der Waals surface area contributed by atoms with E-state index in [1.807, 2.05) is 68.4 Å². The zero-order valence-electron chi connectivity index (χ0n) is 21.1. The molecule has 0 spiro atoms. The molecule has 1 atom stereocenters. The predicted octanol–water partition coefficient (Wildman–Crippen LogP) is 5.02. The Morgan fingerprint density at radius 1 is 0.921 bits per heavy atom. The molecule has 2 aromatic heterocycles. The summed E-state index contributed by atoms with van der Waals surface area (Å²) in [6, 6.07) is 17.1. The molecule has 192 valence electrons. The van der Waals surface area contributed by atoms with E-state index < -0.39 is 5.97 Å². The monoisotopic (exact) mass is 509 g/mol. The average molecular weight is 510 g/mol. The van der Waals surface area contributed by atoms with Crippen molar-refractivity contribution in [2.24, 2.45) is 5.10 Å². The first-order valence-electron chi connectivity index (χ1n) is 12.4. The summed E-state index contributed by atoms with van der Waals surface area (Å²) in [7, 11) is 0. The smallest absolute Gasteiger partial charge is 0.303 e. The maximum absolute atomic E-state index is 13.0. The van der Waals surface area contributed by atoms with Gasteiger partial charge < -0.3 is 9.84 Å². The molecule has 0 saturated heterocycles. The van der Waals surface area contributed by atoms with E-state index in [4.69, 9.17) is 9.84 Å². The number of carbonyl (C=O) groups is 2. The van der Waals surface area contributed by atoms with Crippen LogP contribution < -0.4 is 4.74 Å². The van der Waals surface area contributed by atoms with E-state index in [9.17, 15) is 9.59 Å². The summed E-state index contributed by atoms with van der Waals surface area (Å²) in [5.74, 6) is -0.773. The van der Waals surface area contributed by atoms with Crippen LogP contribution in [0.15, 0.2) is 78.3 Å². The number of pyridine rings is 1. The normalized spacial score (nSPS) is 15.1. The number of hydrogen-bond donors (Lipinski definition) is 1. The fourth-order valence-corrected chi connectivity index (χ4v) is 4.41. The zero-order valence-corrected chi connectivity index (χ0v) is 21.1. The van der Waals surface area contributed by atoms with Gasteiger partial charge in [-0.2, -0.15) is 5.10 Å². The first kappa shape index (κ1) is 25.0. The van der Waals surface area contributed by atoms with E-state index in [-0.39, 0.29) is 30.9 Å². The third kappa shape index (κ3) is 5.51. The molecule has 0 saturated carbocycles. The minimum absolute atomic E-state index is 0.0572. The van der Waals surface area contributed by atoms with E-state index in [0.717, 1.165) is 39.0 Å². The molecule has 3 heterocycles. The molecular formula is C29H27N5O4. The van der Waals surface area contributed by atoms with Crippen LogP contribution in [-0.2, 0) is 9.59 Å². The number of rotatable bonds is 8. The van der Waals surface area contributed by atoms with Crippen LogP contribution in [0.25, 0.3) is 22.2 Å². The second-order valence-corrected chi connectivity index (χ2v) is 9.33. The van der Waals surface area contributed by atoms with Crippen LogP contribution in [-0.4, -0.2) is 48.8 Å². The lowest BCUT2D eigenvalue weighted by atomic mass is 9.96. The molecule has 1 amide bonds. The van der Waals surface area contributed by atoms with Gasteiger partial charge in [-0.15, -0.1) is 0 Å². The molecule has 2 aromatic carbocycles. The van der Waals surface area contributed by atoms with Gasteiger partial charge in [-0.3, -0.25) is 19.6 Å². The van der Waals surface area contributed by atoms with Crippen molar-refractivity contribution in [3.8, 4) is 17.0 Å². The number of benzene rings is 2. The van der Waals surface area contributed by atoms with E-state index in [2.05, 4.69) is 20.1 Å². The van der Waals surface area contributed by atoms with Crippen LogP contribution in [0.4, 0.5) is 0 Å². The Morgan fingerprint density at radius 3 is 2.32 bits per heavy atom. The van der Waals surface area contributed by atoms with E-state index in [1.165, 1.54) is 5.01 Å². The van der Waals surface area contributed by atoms with Gasteiger partial charge >= 0.3 is 5.97 Å². The van der Waals surface area contributed by atoms with Gasteiger partial charge in [0.2, 0.25) is 11.8 Å². The molecule has 1 N–H and O–H groups in total. The minimum atomic E-state index is -1.02. The number of ether oxygens (including phenoxy) is 1. The molecule has 9 heteroatoms. The van der Waals surface area contributed by atoms with Crippen LogP contribution in [0.1, 0.15) is 50.3 Å². The molecule has 5 rings (SSSR count). The first-order valence-corrected chi connectivity index (χ1v) is 12.4. The SMILES string of the molecule is CC(C)Oc1ccc(-c2ccc(C3=NN(C(=O)CCC(=O)O)C(c4ccc5nccnc5c4)C3)cc2)cn1. The predicted molar refractivity (Wildman–Crippen MR) is 143 cm³/mol. The van der Waals surface area contributed by atoms with Crippen molar-refractivity contribution in [1.29, 1.82) is 0 Å². The summed E-state index contributed by atoms with van der Waals surface area (Å²) in [6.07, 6.45) is 5.21. The number of carbonyl (C=O) groups excluding carboxylic acids is 1. The number of carboxylic acid groups (broad SMARTS) is 1. The van der Waals surface area contributed by atoms with Crippen molar-refractivity contribution < 1.29 is 19.4 Å². The number of hydrazone groups is 1. The molecule has 38 heavy (non-hydrogen) atoms. The molecule has 4 aromatic rings. The Labute approximate surface area is 219 Å². The minimum Gasteiger partial charge on any atom is -0.481 e. The molecular weight excluding hydrogens is 482 g/mol. The largest absolute Gasteiger partial charge is 0.481 e. The van der Waals surface area contributed by atoms with Crippen molar-refractivity contribution in [2.75, 3.05) is 0 Å². The fourth-order valence-electron chi connectivity index (χ4n) is 4.41. The summed E-state index contributed by atoms with van der Waals surface area (Å²) in [4.78, 5) is 37.2. The number of amides is 1. The van der Waals surface area contributed by atoms with Crippen LogP contribution >= 0.6 is 0 Å². The van der Waals surface area contributed by atoms with Gasteiger partial charge in [0.25, 0.3) is 0 Å². The van der Waals surface area contributed by atoms with Gasteiger partial charge in [-0.05, 0) is 48.7 Å². The molecule has 1 aliphatic heterocycles. The Bertz CT molecular complexity index is 1500. The number of hydrogen-bond acceptors (Lipinski definition) is 7. The highest BCUT2D eigenvalue weighted by Crippen LogP contribution is 2.35. The van der Waals surface area contributed by atoms with Crippen molar-refractivity contribution >= 4 is 28.6 Å². The van der Waals surface area contributed by atoms with Crippen molar-refractivity contribution in [3.05, 3.63) is 84.3 Å². The van der Waals surface area contributed by atoms with Gasteiger partial charge in [0.1, 0.15) is 0 Å². The van der Waals surface area contributed by atoms with Gasteiger partial charge in [0, 0.05) is 43.1 Å². The van der Waals surface area contributed by atoms with E-state index in [0.29, 0.717) is 12.3 Å². The van der Waals surface area contributed by atoms with Crippen LogP contribution in [0, 0.1) is 0 Å². The lowest BCUT2D eigenvalue weighted by Crippen LogP contribution is -2.27. The number of aliphatic carboxylic acids is 1. The number of nitrogens with zero attached hydrogens (tertiary/aromatic N) is 5. The van der Waals surface area contributed by atoms with Crippen LogP contribution in [0.3, 0.4) is 0 Å². The number of fused-ring (bicyclic) bond motifs is 1. The third-order valence-corrected chi connectivity index (χ3v) is 6.24. The molecule has 0 aliphatic carbocycles. The maximum Gasteiger partial charge on any atom is 0.303 e. The Morgan fingerprint density at radius 2 is 1.63 bits per heavy atom. The highest BCUT2D eigenvalue weighted by atomic mass is 16.5. The second-order valence-electron chi connectivity index (χ2n) is 9.33. The highest BCUT2D eigenvalue weighted by molar-refractivity contribution is 6.03. The van der Waals surface area contributed by atoms with Crippen LogP contribution in [0.2, 0.25) is 0 Å². The van der Waals surface area contributed by atoms with Gasteiger partial charge in [-0.1, -0.05) is 30.3 Å². The lowest BCUT2D eigenvalue weighted by molar-refractivity contribution is -0.141. The highest BCUT2D eigenvalue weighted by Gasteiger charge is 2.33. The van der Waals surface area contributed by atoms with Gasteiger partial charge in [-0.25, -0.2) is 9.99 Å². The molecule has 0 bridgehead atoms. The van der Waals surface area contributed by atoms with Crippen molar-refractivity contribution in [2.45, 2.75) is 45.3 Å².